The van der Waals surface area contributed by atoms with Crippen LogP contribution < -0.4 is 0 Å². The van der Waals surface area contributed by atoms with Crippen LogP contribution in [0, 0.1) is 6.92 Å². The Hall–Kier alpha value is -3.15. The van der Waals surface area contributed by atoms with Gasteiger partial charge >= 0.3 is 0 Å². The van der Waals surface area contributed by atoms with Gasteiger partial charge in [0, 0.05) is 36.5 Å². The van der Waals surface area contributed by atoms with Crippen molar-refractivity contribution in [2.24, 2.45) is 0 Å². The zero-order chi connectivity index (χ0) is 19.8. The second-order valence-electron chi connectivity index (χ2n) is 8.09. The van der Waals surface area contributed by atoms with E-state index in [9.17, 15) is 4.79 Å². The summed E-state index contributed by atoms with van der Waals surface area (Å²) in [5, 5.41) is 0. The molecule has 1 aliphatic carbocycles. The summed E-state index contributed by atoms with van der Waals surface area (Å²) in [6.45, 7) is 3.30. The summed E-state index contributed by atoms with van der Waals surface area (Å²) in [7, 11) is 0. The van der Waals surface area contributed by atoms with E-state index in [4.69, 9.17) is 4.98 Å². The lowest BCUT2D eigenvalue weighted by atomic mass is 9.77. The van der Waals surface area contributed by atoms with E-state index in [1.54, 1.807) is 12.4 Å². The maximum atomic E-state index is 13.0. The van der Waals surface area contributed by atoms with Crippen LogP contribution in [0.25, 0.3) is 11.4 Å². The number of aryl methyl sites for hydroxylation is 2. The number of piperidine rings is 1. The maximum Gasteiger partial charge on any atom is 0.274 e. The lowest BCUT2D eigenvalue weighted by Crippen LogP contribution is -2.48. The van der Waals surface area contributed by atoms with E-state index in [0.29, 0.717) is 12.2 Å². The van der Waals surface area contributed by atoms with Crippen molar-refractivity contribution < 1.29 is 4.79 Å². The van der Waals surface area contributed by atoms with Crippen LogP contribution in [0.1, 0.15) is 46.7 Å². The van der Waals surface area contributed by atoms with Crippen LogP contribution in [0.4, 0.5) is 0 Å². The molecule has 1 spiro atoms. The molecule has 1 saturated heterocycles. The number of nitrogens with zero attached hydrogens (tertiary/aromatic N) is 5. The molecule has 0 N–H and O–H groups in total. The normalized spacial score (nSPS) is 20.7. The molecule has 146 valence electrons. The molecule has 6 heteroatoms. The Morgan fingerprint density at radius 3 is 2.69 bits per heavy atom. The van der Waals surface area contributed by atoms with Gasteiger partial charge in [0.25, 0.3) is 5.91 Å². The largest absolute Gasteiger partial charge is 0.336 e. The van der Waals surface area contributed by atoms with Gasteiger partial charge < -0.3 is 4.90 Å². The zero-order valence-corrected chi connectivity index (χ0v) is 16.5. The summed E-state index contributed by atoms with van der Waals surface area (Å²) in [5.74, 6) is 0.723. The van der Waals surface area contributed by atoms with Crippen molar-refractivity contribution in [1.29, 1.82) is 0 Å². The molecule has 1 amide bonds. The first kappa shape index (κ1) is 17.9. The second-order valence-corrected chi connectivity index (χ2v) is 8.09. The number of rotatable bonds is 2. The Balaban J connectivity index is 1.46. The highest BCUT2D eigenvalue weighted by atomic mass is 16.2. The molecule has 1 fully saturated rings. The molecule has 0 saturated carbocycles. The van der Waals surface area contributed by atoms with Crippen LogP contribution in [-0.2, 0) is 11.8 Å². The fourth-order valence-corrected chi connectivity index (χ4v) is 4.64. The van der Waals surface area contributed by atoms with E-state index in [2.05, 4.69) is 15.0 Å². The third kappa shape index (κ3) is 3.18. The van der Waals surface area contributed by atoms with Crippen molar-refractivity contribution in [1.82, 2.24) is 24.8 Å². The lowest BCUT2D eigenvalue weighted by molar-refractivity contribution is 0.0627. The second kappa shape index (κ2) is 7.03. The van der Waals surface area contributed by atoms with Gasteiger partial charge in [0.2, 0.25) is 0 Å². The number of aromatic nitrogens is 4. The number of hydrogen-bond acceptors (Lipinski definition) is 5. The number of benzene rings is 1. The van der Waals surface area contributed by atoms with Crippen molar-refractivity contribution >= 4 is 5.91 Å². The zero-order valence-electron chi connectivity index (χ0n) is 16.5. The molecule has 2 aliphatic rings. The van der Waals surface area contributed by atoms with Crippen LogP contribution in [0.2, 0.25) is 0 Å². The average molecular weight is 385 g/mol. The number of carbonyl (C=O) groups is 1. The summed E-state index contributed by atoms with van der Waals surface area (Å²) < 4.78 is 0. The number of carbonyl (C=O) groups excluding carboxylic acids is 1. The van der Waals surface area contributed by atoms with Gasteiger partial charge in [-0.2, -0.15) is 0 Å². The van der Waals surface area contributed by atoms with Crippen molar-refractivity contribution in [2.45, 2.75) is 38.0 Å². The van der Waals surface area contributed by atoms with Crippen LogP contribution in [-0.4, -0.2) is 43.8 Å². The first-order valence-corrected chi connectivity index (χ1v) is 10.1. The molecule has 1 aliphatic heterocycles. The van der Waals surface area contributed by atoms with Gasteiger partial charge in [-0.3, -0.25) is 9.78 Å². The molecule has 1 aromatic carbocycles. The van der Waals surface area contributed by atoms with Crippen molar-refractivity contribution in [3.05, 3.63) is 71.6 Å². The smallest absolute Gasteiger partial charge is 0.274 e. The molecule has 29 heavy (non-hydrogen) atoms. The topological polar surface area (TPSA) is 71.9 Å². The summed E-state index contributed by atoms with van der Waals surface area (Å²) in [6.07, 6.45) is 9.21. The van der Waals surface area contributed by atoms with E-state index < -0.39 is 0 Å². The summed E-state index contributed by atoms with van der Waals surface area (Å²) in [5.41, 5.74) is 4.50. The molecule has 5 rings (SSSR count). The number of hydrogen-bond donors (Lipinski definition) is 0. The Labute approximate surface area is 170 Å². The molecular weight excluding hydrogens is 362 g/mol. The van der Waals surface area contributed by atoms with Gasteiger partial charge in [-0.25, -0.2) is 15.0 Å². The predicted octanol–water partition coefficient (Wildman–Crippen LogP) is 3.36. The Kier molecular flexibility index (Phi) is 4.34. The van der Waals surface area contributed by atoms with Gasteiger partial charge in [-0.05, 0) is 38.2 Å². The average Bonchev–Trinajstić information content (AvgIpc) is 3.11. The molecule has 1 atom stereocenters. The Morgan fingerprint density at radius 2 is 1.90 bits per heavy atom. The highest BCUT2D eigenvalue weighted by molar-refractivity contribution is 5.92. The maximum absolute atomic E-state index is 13.0. The first-order valence-electron chi connectivity index (χ1n) is 10.1. The lowest BCUT2D eigenvalue weighted by Gasteiger charge is -2.40. The van der Waals surface area contributed by atoms with E-state index in [1.165, 1.54) is 5.56 Å². The molecule has 1 unspecified atom stereocenters. The molecular formula is C23H23N5O. The van der Waals surface area contributed by atoms with Crippen LogP contribution in [0.3, 0.4) is 0 Å². The minimum Gasteiger partial charge on any atom is -0.336 e. The molecule has 3 aromatic rings. The van der Waals surface area contributed by atoms with Gasteiger partial charge in [0.15, 0.2) is 5.82 Å². The van der Waals surface area contributed by atoms with E-state index in [0.717, 1.165) is 55.0 Å². The summed E-state index contributed by atoms with van der Waals surface area (Å²) >= 11 is 0. The third-order valence-electron chi connectivity index (χ3n) is 6.14. The van der Waals surface area contributed by atoms with E-state index in [-0.39, 0.29) is 11.3 Å². The molecule has 3 heterocycles. The third-order valence-corrected chi connectivity index (χ3v) is 6.14. The number of likely N-dealkylation sites (tertiary alicyclic amines) is 1. The standard InChI is InChI=1S/C23H23N5O/c1-16-12-25-19(14-24-16)22(29)28-11-5-9-23(15-28)10-8-18-13-26-21(27-20(18)23)17-6-3-2-4-7-17/h2-4,6-7,12-14H,5,8-11,15H2,1H3. The molecule has 6 nitrogen and oxygen atoms in total. The minimum absolute atomic E-state index is 0.0395. The van der Waals surface area contributed by atoms with Crippen LogP contribution >= 0.6 is 0 Å². The van der Waals surface area contributed by atoms with E-state index >= 15 is 0 Å². The van der Waals surface area contributed by atoms with Crippen molar-refractivity contribution in [3.8, 4) is 11.4 Å². The van der Waals surface area contributed by atoms with Crippen molar-refractivity contribution in [2.75, 3.05) is 13.1 Å². The fourth-order valence-electron chi connectivity index (χ4n) is 4.64. The van der Waals surface area contributed by atoms with Crippen molar-refractivity contribution in [3.63, 3.8) is 0 Å². The van der Waals surface area contributed by atoms with Gasteiger partial charge in [0.1, 0.15) is 5.69 Å². The summed E-state index contributed by atoms with van der Waals surface area (Å²) in [6, 6.07) is 10.1. The predicted molar refractivity (Wildman–Crippen MR) is 109 cm³/mol. The minimum atomic E-state index is -0.0894. The monoisotopic (exact) mass is 385 g/mol. The van der Waals surface area contributed by atoms with E-state index in [1.807, 2.05) is 48.4 Å². The first-order chi connectivity index (χ1) is 14.1. The number of fused-ring (bicyclic) bond motifs is 2. The highest BCUT2D eigenvalue weighted by Gasteiger charge is 2.45. The van der Waals surface area contributed by atoms with Crippen LogP contribution in [0.15, 0.2) is 48.9 Å². The van der Waals surface area contributed by atoms with Gasteiger partial charge in [-0.1, -0.05) is 30.3 Å². The fraction of sp³-hybridized carbons (Fsp3) is 0.348. The molecule has 0 bridgehead atoms. The summed E-state index contributed by atoms with van der Waals surface area (Å²) in [4.78, 5) is 33.1. The quantitative estimate of drug-likeness (QED) is 0.676. The number of amides is 1. The van der Waals surface area contributed by atoms with Crippen LogP contribution in [0.5, 0.6) is 0 Å². The van der Waals surface area contributed by atoms with Gasteiger partial charge in [-0.15, -0.1) is 0 Å². The Bertz CT molecular complexity index is 1050. The Morgan fingerprint density at radius 1 is 1.03 bits per heavy atom. The molecule has 2 aromatic heterocycles. The SMILES string of the molecule is Cc1cnc(C(=O)N2CCCC3(CCc4cnc(-c5ccccc5)nc43)C2)cn1. The molecule has 0 radical (unpaired) electrons. The highest BCUT2D eigenvalue weighted by Crippen LogP contribution is 2.44. The van der Waals surface area contributed by atoms with Gasteiger partial charge in [0.05, 0.1) is 17.6 Å².